The Balaban J connectivity index is 2.90. The van der Waals surface area contributed by atoms with Crippen molar-refractivity contribution >= 4 is 35.5 Å². The number of carbonyl (C=O) groups is 6. The summed E-state index contributed by atoms with van der Waals surface area (Å²) in [5.74, 6) is -5.92. The summed E-state index contributed by atoms with van der Waals surface area (Å²) in [5, 5.41) is 19.1. The first-order chi connectivity index (χ1) is 14.4. The van der Waals surface area contributed by atoms with Gasteiger partial charge >= 0.3 is 5.97 Å². The van der Waals surface area contributed by atoms with Crippen LogP contribution in [0.4, 0.5) is 0 Å². The molecule has 0 saturated carbocycles. The maximum Gasteiger partial charge on any atom is 0.326 e. The number of carbonyl (C=O) groups excluding carboxylic acids is 5. The van der Waals surface area contributed by atoms with Gasteiger partial charge in [-0.1, -0.05) is 13.8 Å². The van der Waals surface area contributed by atoms with Crippen LogP contribution in [0.3, 0.4) is 0 Å². The fourth-order valence-electron chi connectivity index (χ4n) is 3.04. The number of aliphatic carboxylic acids is 1. The van der Waals surface area contributed by atoms with Gasteiger partial charge in [0.1, 0.15) is 18.1 Å². The van der Waals surface area contributed by atoms with Gasteiger partial charge in [-0.15, -0.1) is 0 Å². The predicted molar refractivity (Wildman–Crippen MR) is 107 cm³/mol. The molecule has 0 bridgehead atoms. The van der Waals surface area contributed by atoms with E-state index >= 15 is 0 Å². The van der Waals surface area contributed by atoms with E-state index in [4.69, 9.17) is 16.6 Å². The van der Waals surface area contributed by atoms with Gasteiger partial charge < -0.3 is 37.8 Å². The van der Waals surface area contributed by atoms with E-state index in [1.54, 1.807) is 13.8 Å². The number of carboxylic acid groups (broad SMARTS) is 1. The lowest BCUT2D eigenvalue weighted by atomic mass is 10.0. The Morgan fingerprint density at radius 2 is 1.48 bits per heavy atom. The molecule has 1 rings (SSSR count). The van der Waals surface area contributed by atoms with Gasteiger partial charge in [0, 0.05) is 0 Å². The van der Waals surface area contributed by atoms with Gasteiger partial charge in [-0.2, -0.15) is 0 Å². The first-order valence-corrected chi connectivity index (χ1v) is 9.86. The number of hydrogen-bond donors (Lipinski definition) is 7. The van der Waals surface area contributed by atoms with Gasteiger partial charge in [0.2, 0.25) is 29.5 Å². The second-order valence-electron chi connectivity index (χ2n) is 7.68. The molecule has 9 N–H and O–H groups in total. The predicted octanol–water partition coefficient (Wildman–Crippen LogP) is -3.32. The minimum atomic E-state index is -1.65. The third kappa shape index (κ3) is 8.58. The van der Waals surface area contributed by atoms with Crippen molar-refractivity contribution < 1.29 is 33.9 Å². The maximum atomic E-state index is 12.8. The van der Waals surface area contributed by atoms with Crippen molar-refractivity contribution in [2.24, 2.45) is 17.4 Å². The van der Waals surface area contributed by atoms with Gasteiger partial charge in [0.05, 0.1) is 18.9 Å². The third-order valence-electron chi connectivity index (χ3n) is 4.68. The SMILES string of the molecule is CC(C)C(NC(=O)C1CCCN1)C(=O)NC(CC(N)=O)C(=O)NC(CC(N)=O)C(=O)O. The van der Waals surface area contributed by atoms with E-state index in [-0.39, 0.29) is 11.8 Å². The van der Waals surface area contributed by atoms with Crippen molar-refractivity contribution in [3.05, 3.63) is 0 Å². The van der Waals surface area contributed by atoms with Crippen LogP contribution in [-0.2, 0) is 28.8 Å². The summed E-state index contributed by atoms with van der Waals surface area (Å²) in [6.07, 6.45) is 0.149. The van der Waals surface area contributed by atoms with Crippen LogP contribution >= 0.6 is 0 Å². The standard InChI is InChI=1S/C18H30N6O7/c1-8(2)14(24-15(27)9-4-3-5-21-9)17(29)22-10(6-12(19)25)16(28)23-11(18(30)31)7-13(20)26/h8-11,14,21H,3-7H2,1-2H3,(H2,19,25)(H2,20,26)(H,22,29)(H,23,28)(H,24,27)(H,30,31). The molecule has 13 heteroatoms. The lowest BCUT2D eigenvalue weighted by molar-refractivity contribution is -0.144. The first-order valence-electron chi connectivity index (χ1n) is 9.86. The van der Waals surface area contributed by atoms with Crippen LogP contribution in [0, 0.1) is 5.92 Å². The summed E-state index contributed by atoms with van der Waals surface area (Å²) in [5.41, 5.74) is 10.1. The Kier molecular flexibility index (Phi) is 9.86. The second kappa shape index (κ2) is 11.8. The van der Waals surface area contributed by atoms with Gasteiger partial charge in [-0.05, 0) is 25.3 Å². The molecule has 1 aliphatic rings. The van der Waals surface area contributed by atoms with E-state index in [9.17, 15) is 28.8 Å². The number of carboxylic acids is 1. The Bertz CT molecular complexity index is 720. The Labute approximate surface area is 179 Å². The monoisotopic (exact) mass is 442 g/mol. The smallest absolute Gasteiger partial charge is 0.326 e. The molecule has 0 spiro atoms. The molecule has 0 aromatic heterocycles. The number of rotatable bonds is 12. The molecule has 0 aliphatic carbocycles. The van der Waals surface area contributed by atoms with Crippen LogP contribution < -0.4 is 32.7 Å². The molecule has 174 valence electrons. The largest absolute Gasteiger partial charge is 0.480 e. The maximum absolute atomic E-state index is 12.8. The van der Waals surface area contributed by atoms with Crippen LogP contribution in [0.25, 0.3) is 0 Å². The van der Waals surface area contributed by atoms with Gasteiger partial charge in [0.25, 0.3) is 0 Å². The summed E-state index contributed by atoms with van der Waals surface area (Å²) in [6, 6.07) is -4.60. The molecule has 4 atom stereocenters. The summed E-state index contributed by atoms with van der Waals surface area (Å²) < 4.78 is 0. The summed E-state index contributed by atoms with van der Waals surface area (Å²) >= 11 is 0. The fraction of sp³-hybridized carbons (Fsp3) is 0.667. The average Bonchev–Trinajstić information content (AvgIpc) is 3.18. The molecule has 1 heterocycles. The molecule has 0 aromatic rings. The van der Waals surface area contributed by atoms with Crippen LogP contribution in [0.5, 0.6) is 0 Å². The quantitative estimate of drug-likeness (QED) is 0.162. The molecule has 0 radical (unpaired) electrons. The molecule has 4 unspecified atom stereocenters. The van der Waals surface area contributed by atoms with Crippen LogP contribution in [0.1, 0.15) is 39.5 Å². The number of amides is 5. The van der Waals surface area contributed by atoms with Crippen molar-refractivity contribution in [2.75, 3.05) is 6.54 Å². The van der Waals surface area contributed by atoms with E-state index in [1.807, 2.05) is 0 Å². The molecular formula is C18H30N6O7. The lowest BCUT2D eigenvalue weighted by Gasteiger charge is -2.26. The number of primary amides is 2. The molecular weight excluding hydrogens is 412 g/mol. The Hall–Kier alpha value is -3.22. The number of nitrogens with two attached hydrogens (primary N) is 2. The average molecular weight is 442 g/mol. The molecule has 5 amide bonds. The lowest BCUT2D eigenvalue weighted by Crippen LogP contribution is -2.59. The third-order valence-corrected chi connectivity index (χ3v) is 4.68. The topological polar surface area (TPSA) is 223 Å². The highest BCUT2D eigenvalue weighted by Crippen LogP contribution is 2.09. The van der Waals surface area contributed by atoms with Crippen LogP contribution in [-0.4, -0.2) is 71.3 Å². The van der Waals surface area contributed by atoms with Crippen molar-refractivity contribution in [1.29, 1.82) is 0 Å². The Morgan fingerprint density at radius 3 is 1.94 bits per heavy atom. The van der Waals surface area contributed by atoms with Gasteiger partial charge in [-0.3, -0.25) is 24.0 Å². The second-order valence-corrected chi connectivity index (χ2v) is 7.68. The minimum absolute atomic E-state index is 0.357. The van der Waals surface area contributed by atoms with Crippen LogP contribution in [0.2, 0.25) is 0 Å². The molecule has 1 aliphatic heterocycles. The number of nitrogens with one attached hydrogen (secondary N) is 4. The highest BCUT2D eigenvalue weighted by atomic mass is 16.4. The number of hydrogen-bond acceptors (Lipinski definition) is 7. The summed E-state index contributed by atoms with van der Waals surface area (Å²) in [4.78, 5) is 71.2. The molecule has 1 saturated heterocycles. The van der Waals surface area contributed by atoms with E-state index in [0.29, 0.717) is 13.0 Å². The summed E-state index contributed by atoms with van der Waals surface area (Å²) in [7, 11) is 0. The van der Waals surface area contributed by atoms with Gasteiger partial charge in [0.15, 0.2) is 0 Å². The van der Waals surface area contributed by atoms with E-state index in [2.05, 4.69) is 21.3 Å². The molecule has 1 fully saturated rings. The first kappa shape index (κ1) is 25.8. The fourth-order valence-corrected chi connectivity index (χ4v) is 3.04. The highest BCUT2D eigenvalue weighted by molar-refractivity contribution is 5.96. The summed E-state index contributed by atoms with van der Waals surface area (Å²) in [6.45, 7) is 4.06. The van der Waals surface area contributed by atoms with Crippen molar-refractivity contribution in [1.82, 2.24) is 21.3 Å². The molecule has 13 nitrogen and oxygen atoms in total. The van der Waals surface area contributed by atoms with Crippen LogP contribution in [0.15, 0.2) is 0 Å². The zero-order chi connectivity index (χ0) is 23.7. The zero-order valence-electron chi connectivity index (χ0n) is 17.5. The minimum Gasteiger partial charge on any atom is -0.480 e. The highest BCUT2D eigenvalue weighted by Gasteiger charge is 2.33. The van der Waals surface area contributed by atoms with Gasteiger partial charge in [-0.25, -0.2) is 4.79 Å². The van der Waals surface area contributed by atoms with E-state index in [1.165, 1.54) is 0 Å². The van der Waals surface area contributed by atoms with Crippen molar-refractivity contribution in [3.8, 4) is 0 Å². The molecule has 0 aromatic carbocycles. The van der Waals surface area contributed by atoms with Crippen molar-refractivity contribution in [2.45, 2.75) is 63.7 Å². The molecule has 31 heavy (non-hydrogen) atoms. The Morgan fingerprint density at radius 1 is 0.935 bits per heavy atom. The van der Waals surface area contributed by atoms with Crippen molar-refractivity contribution in [3.63, 3.8) is 0 Å². The normalized spacial score (nSPS) is 18.5. The zero-order valence-corrected chi connectivity index (χ0v) is 17.5. The van der Waals surface area contributed by atoms with E-state index in [0.717, 1.165) is 6.42 Å². The van der Waals surface area contributed by atoms with E-state index < -0.39 is 66.6 Å².